The number of carbonyl (C=O) groups excluding carboxylic acids is 1. The lowest BCUT2D eigenvalue weighted by Gasteiger charge is -2.16. The maximum Gasteiger partial charge on any atom is 0.255 e. The number of nitrogens with zero attached hydrogens (tertiary/aromatic N) is 4. The van der Waals surface area contributed by atoms with Crippen LogP contribution >= 0.6 is 0 Å². The summed E-state index contributed by atoms with van der Waals surface area (Å²) in [6.45, 7) is 3.34. The van der Waals surface area contributed by atoms with Gasteiger partial charge in [0, 0.05) is 30.7 Å². The molecule has 2 aromatic heterocycles. The molecule has 1 amide bonds. The number of hydrogen-bond donors (Lipinski definition) is 1. The Hall–Kier alpha value is -2.80. The van der Waals surface area contributed by atoms with E-state index in [0.29, 0.717) is 23.8 Å². The number of rotatable bonds is 3. The Labute approximate surface area is 150 Å². The largest absolute Gasteiger partial charge is 0.337 e. The van der Waals surface area contributed by atoms with Gasteiger partial charge in [0.05, 0.1) is 16.9 Å². The number of pyridine rings is 1. The van der Waals surface area contributed by atoms with E-state index in [1.54, 1.807) is 23.0 Å². The Balaban J connectivity index is 1.69. The van der Waals surface area contributed by atoms with Crippen LogP contribution in [0.3, 0.4) is 0 Å². The van der Waals surface area contributed by atoms with E-state index in [2.05, 4.69) is 15.4 Å². The van der Waals surface area contributed by atoms with Crippen molar-refractivity contribution in [3.63, 3.8) is 0 Å². The van der Waals surface area contributed by atoms with Crippen molar-refractivity contribution in [1.29, 1.82) is 0 Å². The number of aryl methyl sites for hydroxylation is 1. The number of likely N-dealkylation sites (N-methyl/N-ethyl adjacent to an activating group) is 1. The molecule has 1 atom stereocenters. The van der Waals surface area contributed by atoms with Crippen molar-refractivity contribution in [2.45, 2.75) is 19.4 Å². The van der Waals surface area contributed by atoms with Gasteiger partial charge in [0.2, 0.25) is 0 Å². The highest BCUT2D eigenvalue weighted by Gasteiger charge is 2.26. The molecule has 1 fully saturated rings. The van der Waals surface area contributed by atoms with Crippen LogP contribution in [0.2, 0.25) is 0 Å². The highest BCUT2D eigenvalue weighted by Crippen LogP contribution is 2.22. The quantitative estimate of drug-likeness (QED) is 0.785. The summed E-state index contributed by atoms with van der Waals surface area (Å²) in [6.07, 6.45) is 2.55. The van der Waals surface area contributed by atoms with Crippen LogP contribution in [-0.2, 0) is 0 Å². The van der Waals surface area contributed by atoms with Crippen LogP contribution in [0.4, 0.5) is 4.39 Å². The average Bonchev–Trinajstić information content (AvgIpc) is 3.27. The van der Waals surface area contributed by atoms with Crippen LogP contribution in [0, 0.1) is 12.7 Å². The van der Waals surface area contributed by atoms with E-state index in [1.807, 2.05) is 24.9 Å². The third-order valence-electron chi connectivity index (χ3n) is 4.91. The minimum Gasteiger partial charge on any atom is -0.337 e. The smallest absolute Gasteiger partial charge is 0.255 e. The Morgan fingerprint density at radius 3 is 2.77 bits per heavy atom. The van der Waals surface area contributed by atoms with Crippen molar-refractivity contribution in [3.05, 3.63) is 53.6 Å². The molecule has 7 heteroatoms. The first-order chi connectivity index (χ1) is 12.6. The van der Waals surface area contributed by atoms with Crippen molar-refractivity contribution < 1.29 is 9.18 Å². The molecular formula is C19H20FN5O. The van der Waals surface area contributed by atoms with Crippen LogP contribution in [0.25, 0.3) is 16.7 Å². The maximum atomic E-state index is 13.2. The summed E-state index contributed by atoms with van der Waals surface area (Å²) < 4.78 is 14.8. The minimum absolute atomic E-state index is 0.00826. The first-order valence-electron chi connectivity index (χ1n) is 8.64. The number of hydrogen-bond acceptors (Lipinski definition) is 4. The van der Waals surface area contributed by atoms with Crippen molar-refractivity contribution in [3.8, 4) is 5.69 Å². The lowest BCUT2D eigenvalue weighted by molar-refractivity contribution is 0.0789. The molecule has 1 aliphatic rings. The highest BCUT2D eigenvalue weighted by atomic mass is 19.1. The minimum atomic E-state index is -0.298. The molecule has 0 saturated carbocycles. The third kappa shape index (κ3) is 2.84. The molecule has 26 heavy (non-hydrogen) atoms. The lowest BCUT2D eigenvalue weighted by atomic mass is 10.2. The van der Waals surface area contributed by atoms with Crippen LogP contribution in [-0.4, -0.2) is 51.8 Å². The number of likely N-dealkylation sites (tertiary alicyclic amines) is 1. The van der Waals surface area contributed by atoms with Gasteiger partial charge in [0.15, 0.2) is 5.65 Å². The number of nitrogens with one attached hydrogen (secondary N) is 1. The summed E-state index contributed by atoms with van der Waals surface area (Å²) in [6, 6.07) is 8.29. The summed E-state index contributed by atoms with van der Waals surface area (Å²) in [5, 5.41) is 8.55. The number of aromatic nitrogens is 3. The molecule has 0 spiro atoms. The molecule has 134 valence electrons. The van der Waals surface area contributed by atoms with E-state index in [0.717, 1.165) is 29.7 Å². The van der Waals surface area contributed by atoms with Gasteiger partial charge in [-0.3, -0.25) is 4.79 Å². The van der Waals surface area contributed by atoms with Crippen LogP contribution < -0.4 is 5.32 Å². The topological polar surface area (TPSA) is 63.1 Å². The normalized spacial score (nSPS) is 17.2. The molecule has 1 aliphatic heterocycles. The molecule has 3 heterocycles. The van der Waals surface area contributed by atoms with Gasteiger partial charge in [0.1, 0.15) is 5.82 Å². The van der Waals surface area contributed by atoms with Crippen molar-refractivity contribution in [2.75, 3.05) is 20.1 Å². The van der Waals surface area contributed by atoms with E-state index in [1.165, 1.54) is 12.1 Å². The van der Waals surface area contributed by atoms with Crippen LogP contribution in [0.1, 0.15) is 22.5 Å². The van der Waals surface area contributed by atoms with Crippen LogP contribution in [0.15, 0.2) is 36.5 Å². The molecule has 0 radical (unpaired) electrons. The lowest BCUT2D eigenvalue weighted by Crippen LogP contribution is -2.33. The van der Waals surface area contributed by atoms with Gasteiger partial charge in [-0.1, -0.05) is 0 Å². The zero-order valence-corrected chi connectivity index (χ0v) is 14.7. The van der Waals surface area contributed by atoms with Crippen molar-refractivity contribution >= 4 is 16.9 Å². The number of benzene rings is 1. The van der Waals surface area contributed by atoms with Gasteiger partial charge in [-0.2, -0.15) is 5.10 Å². The Morgan fingerprint density at radius 2 is 2.08 bits per heavy atom. The van der Waals surface area contributed by atoms with E-state index >= 15 is 0 Å². The molecule has 0 unspecified atom stereocenters. The van der Waals surface area contributed by atoms with E-state index < -0.39 is 0 Å². The second-order valence-electron chi connectivity index (χ2n) is 6.59. The predicted molar refractivity (Wildman–Crippen MR) is 96.9 cm³/mol. The van der Waals surface area contributed by atoms with E-state index in [-0.39, 0.29) is 11.7 Å². The first-order valence-corrected chi connectivity index (χ1v) is 8.64. The zero-order valence-electron chi connectivity index (χ0n) is 14.7. The average molecular weight is 353 g/mol. The van der Waals surface area contributed by atoms with Gasteiger partial charge in [0.25, 0.3) is 5.91 Å². The zero-order chi connectivity index (χ0) is 18.3. The molecule has 1 aromatic carbocycles. The van der Waals surface area contributed by atoms with Gasteiger partial charge in [-0.15, -0.1) is 0 Å². The summed E-state index contributed by atoms with van der Waals surface area (Å²) in [5.41, 5.74) is 2.73. The van der Waals surface area contributed by atoms with Gasteiger partial charge >= 0.3 is 0 Å². The Kier molecular flexibility index (Phi) is 4.16. The van der Waals surface area contributed by atoms with Crippen molar-refractivity contribution in [2.24, 2.45) is 0 Å². The maximum absolute atomic E-state index is 13.2. The number of carbonyl (C=O) groups is 1. The fourth-order valence-corrected chi connectivity index (χ4v) is 3.39. The fraction of sp³-hybridized carbons (Fsp3) is 0.316. The standard InChI is InChI=1S/C19H20FN5O/c1-12-17-9-13(19(26)24-8-7-15(11-24)21-2)10-22-18(17)25(23-12)16-5-3-14(20)4-6-16/h3-6,9-10,15,21H,7-8,11H2,1-2H3/t15-/m1/s1. The molecule has 3 aromatic rings. The van der Waals surface area contributed by atoms with Crippen molar-refractivity contribution in [1.82, 2.24) is 25.0 Å². The number of amides is 1. The van der Waals surface area contributed by atoms with Crippen LogP contribution in [0.5, 0.6) is 0 Å². The van der Waals surface area contributed by atoms with Gasteiger partial charge in [-0.05, 0) is 50.7 Å². The van der Waals surface area contributed by atoms with Gasteiger partial charge < -0.3 is 10.2 Å². The summed E-state index contributed by atoms with van der Waals surface area (Å²) in [4.78, 5) is 19.1. The summed E-state index contributed by atoms with van der Waals surface area (Å²) in [5.74, 6) is -0.306. The molecule has 0 bridgehead atoms. The summed E-state index contributed by atoms with van der Waals surface area (Å²) >= 11 is 0. The molecule has 0 aliphatic carbocycles. The highest BCUT2D eigenvalue weighted by molar-refractivity contribution is 5.97. The third-order valence-corrected chi connectivity index (χ3v) is 4.91. The molecule has 4 rings (SSSR count). The monoisotopic (exact) mass is 353 g/mol. The van der Waals surface area contributed by atoms with Gasteiger partial charge in [-0.25, -0.2) is 14.1 Å². The van der Waals surface area contributed by atoms with E-state index in [9.17, 15) is 9.18 Å². The summed E-state index contributed by atoms with van der Waals surface area (Å²) in [7, 11) is 1.92. The number of halogens is 1. The second-order valence-corrected chi connectivity index (χ2v) is 6.59. The molecule has 1 N–H and O–H groups in total. The number of fused-ring (bicyclic) bond motifs is 1. The molecule has 6 nitrogen and oxygen atoms in total. The predicted octanol–water partition coefficient (Wildman–Crippen LogP) is 2.30. The van der Waals surface area contributed by atoms with E-state index in [4.69, 9.17) is 0 Å². The molecular weight excluding hydrogens is 333 g/mol. The first kappa shape index (κ1) is 16.7. The second kappa shape index (κ2) is 6.49. The Morgan fingerprint density at radius 1 is 1.31 bits per heavy atom. The fourth-order valence-electron chi connectivity index (χ4n) is 3.39. The SMILES string of the molecule is CN[C@@H]1CCN(C(=O)c2cnc3c(c2)c(C)nn3-c2ccc(F)cc2)C1. The molecule has 1 saturated heterocycles. The Bertz CT molecular complexity index is 966.